The summed E-state index contributed by atoms with van der Waals surface area (Å²) in [6, 6.07) is 9.73. The molecule has 9 nitrogen and oxygen atoms in total. The van der Waals surface area contributed by atoms with Crippen LogP contribution < -0.4 is 4.90 Å². The Balaban J connectivity index is 1.62. The van der Waals surface area contributed by atoms with Gasteiger partial charge in [-0.3, -0.25) is 24.5 Å². The van der Waals surface area contributed by atoms with E-state index in [1.165, 1.54) is 48.7 Å². The standard InChI is InChI=1S/C24H14Cl2N4O5/c25-14-4-5-17(16(26)10-14)29-23(32)19-18-8-12(11-27)6-7-28(18)21(20(19)24(29)33)22(31)13-2-1-3-15(9-13)30(34)35/h1-10,18-21H/t18-,19+,20-,21-/m1/s1. The van der Waals surface area contributed by atoms with Gasteiger partial charge in [-0.15, -0.1) is 0 Å². The summed E-state index contributed by atoms with van der Waals surface area (Å²) in [6.07, 6.45) is 4.56. The quantitative estimate of drug-likeness (QED) is 0.265. The van der Waals surface area contributed by atoms with E-state index in [9.17, 15) is 29.8 Å². The lowest BCUT2D eigenvalue weighted by Crippen LogP contribution is -2.46. The summed E-state index contributed by atoms with van der Waals surface area (Å²) < 4.78 is 0. The van der Waals surface area contributed by atoms with E-state index >= 15 is 0 Å². The first-order valence-electron chi connectivity index (χ1n) is 10.4. The monoisotopic (exact) mass is 508 g/mol. The summed E-state index contributed by atoms with van der Waals surface area (Å²) in [5.41, 5.74) is 0.197. The van der Waals surface area contributed by atoms with Crippen LogP contribution in [0, 0.1) is 33.3 Å². The van der Waals surface area contributed by atoms with Crippen LogP contribution in [-0.2, 0) is 9.59 Å². The van der Waals surface area contributed by atoms with Gasteiger partial charge in [0.2, 0.25) is 11.8 Å². The topological polar surface area (TPSA) is 125 Å². The van der Waals surface area contributed by atoms with Crippen molar-refractivity contribution in [3.63, 3.8) is 0 Å². The molecular formula is C24H14Cl2N4O5. The lowest BCUT2D eigenvalue weighted by Gasteiger charge is -2.32. The number of nitro groups is 1. The van der Waals surface area contributed by atoms with Crippen molar-refractivity contribution >= 4 is 52.2 Å². The Morgan fingerprint density at radius 2 is 1.83 bits per heavy atom. The van der Waals surface area contributed by atoms with Crippen LogP contribution in [0.4, 0.5) is 11.4 Å². The molecule has 2 fully saturated rings. The fourth-order valence-corrected chi connectivity index (χ4v) is 5.46. The van der Waals surface area contributed by atoms with E-state index in [2.05, 4.69) is 0 Å². The van der Waals surface area contributed by atoms with Crippen LogP contribution in [-0.4, -0.2) is 39.5 Å². The summed E-state index contributed by atoms with van der Waals surface area (Å²) in [6.45, 7) is 0. The molecule has 11 heteroatoms. The van der Waals surface area contributed by atoms with Gasteiger partial charge in [-0.2, -0.15) is 5.26 Å². The van der Waals surface area contributed by atoms with E-state index in [-0.39, 0.29) is 27.5 Å². The Morgan fingerprint density at radius 1 is 1.09 bits per heavy atom. The minimum absolute atomic E-state index is 0.0373. The molecule has 0 spiro atoms. The van der Waals surface area contributed by atoms with E-state index in [1.807, 2.05) is 6.07 Å². The molecule has 2 aromatic rings. The fourth-order valence-electron chi connectivity index (χ4n) is 4.96. The number of allylic oxidation sites excluding steroid dienone is 2. The van der Waals surface area contributed by atoms with Crippen molar-refractivity contribution in [2.75, 3.05) is 4.90 Å². The second kappa shape index (κ2) is 8.34. The maximum Gasteiger partial charge on any atom is 0.270 e. The first-order chi connectivity index (χ1) is 16.7. The molecule has 0 N–H and O–H groups in total. The van der Waals surface area contributed by atoms with E-state index in [0.29, 0.717) is 5.02 Å². The number of fused-ring (bicyclic) bond motifs is 3. The van der Waals surface area contributed by atoms with Crippen molar-refractivity contribution < 1.29 is 19.3 Å². The highest BCUT2D eigenvalue weighted by atomic mass is 35.5. The maximum atomic E-state index is 13.7. The Hall–Kier alpha value is -4.00. The van der Waals surface area contributed by atoms with Crippen molar-refractivity contribution in [3.05, 3.63) is 92.1 Å². The number of anilines is 1. The van der Waals surface area contributed by atoms with E-state index < -0.39 is 46.4 Å². The zero-order chi connectivity index (χ0) is 25.0. The lowest BCUT2D eigenvalue weighted by molar-refractivity contribution is -0.384. The number of imide groups is 1. The zero-order valence-corrected chi connectivity index (χ0v) is 19.2. The highest BCUT2D eigenvalue weighted by Crippen LogP contribution is 2.48. The summed E-state index contributed by atoms with van der Waals surface area (Å²) in [7, 11) is 0. The van der Waals surface area contributed by atoms with E-state index in [1.54, 1.807) is 11.0 Å². The number of non-ortho nitro benzene ring substituents is 1. The van der Waals surface area contributed by atoms with Crippen LogP contribution in [0.1, 0.15) is 10.4 Å². The molecule has 0 aliphatic carbocycles. The number of nitrogens with zero attached hydrogens (tertiary/aromatic N) is 4. The average Bonchev–Trinajstić information content (AvgIpc) is 3.31. The second-order valence-corrected chi connectivity index (χ2v) is 9.11. The molecule has 0 aromatic heterocycles. The highest BCUT2D eigenvalue weighted by molar-refractivity contribution is 6.38. The van der Waals surface area contributed by atoms with Gasteiger partial charge in [0.15, 0.2) is 5.78 Å². The number of nitro benzene ring substituents is 1. The minimum atomic E-state index is -1.12. The molecule has 0 saturated carbocycles. The number of rotatable bonds is 4. The normalized spacial score (nSPS) is 24.7. The number of carbonyl (C=O) groups is 3. The van der Waals surface area contributed by atoms with Crippen LogP contribution in [0.25, 0.3) is 0 Å². The summed E-state index contributed by atoms with van der Waals surface area (Å²) in [5, 5.41) is 21.0. The number of hydrogen-bond acceptors (Lipinski definition) is 7. The predicted molar refractivity (Wildman–Crippen MR) is 126 cm³/mol. The number of ketones is 1. The van der Waals surface area contributed by atoms with Crippen LogP contribution in [0.5, 0.6) is 0 Å². The first kappa shape index (κ1) is 22.8. The molecule has 3 aliphatic heterocycles. The largest absolute Gasteiger partial charge is 0.359 e. The molecule has 35 heavy (non-hydrogen) atoms. The molecule has 5 rings (SSSR count). The molecule has 3 aliphatic rings. The van der Waals surface area contributed by atoms with Gasteiger partial charge < -0.3 is 4.90 Å². The number of amides is 2. The van der Waals surface area contributed by atoms with Gasteiger partial charge in [0.05, 0.1) is 45.2 Å². The van der Waals surface area contributed by atoms with Crippen LogP contribution >= 0.6 is 23.2 Å². The van der Waals surface area contributed by atoms with Crippen molar-refractivity contribution in [1.29, 1.82) is 5.26 Å². The van der Waals surface area contributed by atoms with Gasteiger partial charge >= 0.3 is 0 Å². The lowest BCUT2D eigenvalue weighted by atomic mass is 9.86. The Morgan fingerprint density at radius 3 is 2.51 bits per heavy atom. The highest BCUT2D eigenvalue weighted by Gasteiger charge is 2.63. The summed E-state index contributed by atoms with van der Waals surface area (Å²) in [4.78, 5) is 54.1. The fraction of sp³-hybridized carbons (Fsp3) is 0.167. The number of halogens is 2. The van der Waals surface area contributed by atoms with Gasteiger partial charge in [-0.05, 0) is 30.4 Å². The van der Waals surface area contributed by atoms with Crippen molar-refractivity contribution in [2.45, 2.75) is 12.1 Å². The number of carbonyl (C=O) groups excluding carboxylic acids is 3. The smallest absolute Gasteiger partial charge is 0.270 e. The average molecular weight is 509 g/mol. The SMILES string of the molecule is N#CC1=C[C@@H]2[C@@H]3C(=O)N(c4ccc(Cl)cc4Cl)C(=O)[C@H]3[C@H](C(=O)c3cccc([N+](=O)[O-])c3)N2C=C1. The van der Waals surface area contributed by atoms with Crippen molar-refractivity contribution in [3.8, 4) is 6.07 Å². The van der Waals surface area contributed by atoms with Crippen molar-refractivity contribution in [2.24, 2.45) is 11.8 Å². The number of nitriles is 1. The molecular weight excluding hydrogens is 495 g/mol. The molecule has 0 radical (unpaired) electrons. The molecule has 2 amide bonds. The second-order valence-electron chi connectivity index (χ2n) is 8.26. The predicted octanol–water partition coefficient (Wildman–Crippen LogP) is 3.92. The summed E-state index contributed by atoms with van der Waals surface area (Å²) >= 11 is 12.2. The van der Waals surface area contributed by atoms with E-state index in [4.69, 9.17) is 23.2 Å². The van der Waals surface area contributed by atoms with Crippen LogP contribution in [0.15, 0.2) is 66.4 Å². The van der Waals surface area contributed by atoms with Gasteiger partial charge in [0.1, 0.15) is 6.04 Å². The third-order valence-corrected chi connectivity index (χ3v) is 6.98. The van der Waals surface area contributed by atoms with Gasteiger partial charge in [-0.1, -0.05) is 35.3 Å². The molecule has 0 bridgehead atoms. The summed E-state index contributed by atoms with van der Waals surface area (Å²) in [5.74, 6) is -3.78. The Labute approximate surface area is 208 Å². The van der Waals surface area contributed by atoms with Gasteiger partial charge in [0, 0.05) is 28.9 Å². The first-order valence-corrected chi connectivity index (χ1v) is 11.2. The molecule has 3 heterocycles. The molecule has 0 unspecified atom stereocenters. The third kappa shape index (κ3) is 3.50. The number of benzene rings is 2. The molecule has 2 saturated heterocycles. The minimum Gasteiger partial charge on any atom is -0.359 e. The van der Waals surface area contributed by atoms with E-state index in [0.717, 1.165) is 11.0 Å². The zero-order valence-electron chi connectivity index (χ0n) is 17.7. The van der Waals surface area contributed by atoms with Gasteiger partial charge in [0.25, 0.3) is 5.69 Å². The van der Waals surface area contributed by atoms with Crippen LogP contribution in [0.3, 0.4) is 0 Å². The van der Waals surface area contributed by atoms with Gasteiger partial charge in [-0.25, -0.2) is 4.90 Å². The molecule has 4 atom stereocenters. The molecule has 174 valence electrons. The van der Waals surface area contributed by atoms with Crippen molar-refractivity contribution in [1.82, 2.24) is 4.90 Å². The number of Topliss-reactive ketones (excluding diaryl/α,β-unsaturated/α-hetero) is 1. The van der Waals surface area contributed by atoms with Crippen LogP contribution in [0.2, 0.25) is 10.0 Å². The Kier molecular flexibility index (Phi) is 5.43. The number of hydrogen-bond donors (Lipinski definition) is 0. The Bertz CT molecular complexity index is 1430. The third-order valence-electron chi connectivity index (χ3n) is 6.44. The maximum absolute atomic E-state index is 13.7. The molecule has 2 aromatic carbocycles.